The number of primary amides is 1. The normalized spacial score (nSPS) is 7.15. The zero-order valence-corrected chi connectivity index (χ0v) is 8.85. The van der Waals surface area contributed by atoms with Gasteiger partial charge in [-0.05, 0) is 24.3 Å². The molecule has 13 heavy (non-hydrogen) atoms. The minimum absolute atomic E-state index is 0. The van der Waals surface area contributed by atoms with E-state index in [0.717, 1.165) is 0 Å². The van der Waals surface area contributed by atoms with Gasteiger partial charge in [0, 0.05) is 5.56 Å². The van der Waals surface area contributed by atoms with Crippen LogP contribution in [0.5, 0.6) is 0 Å². The van der Waals surface area contributed by atoms with Crippen LogP contribution in [0.15, 0.2) is 24.3 Å². The molecule has 1 rings (SSSR count). The molecule has 0 bridgehead atoms. The van der Waals surface area contributed by atoms with E-state index in [-0.39, 0.29) is 43.0 Å². The van der Waals surface area contributed by atoms with E-state index < -0.39 is 5.91 Å². The fourth-order valence-corrected chi connectivity index (χ4v) is 0.614. The topological polar surface area (TPSA) is 43.1 Å². The van der Waals surface area contributed by atoms with Crippen LogP contribution >= 0.6 is 37.2 Å². The minimum atomic E-state index is -0.542. The van der Waals surface area contributed by atoms with Crippen LogP contribution in [-0.2, 0) is 0 Å². The highest BCUT2D eigenvalue weighted by Gasteiger charge is 1.97. The van der Waals surface area contributed by atoms with Crippen molar-refractivity contribution in [1.29, 1.82) is 0 Å². The Hall–Kier alpha value is -0.510. The molecule has 0 spiro atoms. The molecular formula is C7H9Cl3FNO. The van der Waals surface area contributed by atoms with Gasteiger partial charge >= 0.3 is 0 Å². The monoisotopic (exact) mass is 247 g/mol. The lowest BCUT2D eigenvalue weighted by molar-refractivity contribution is 0.100. The van der Waals surface area contributed by atoms with Crippen molar-refractivity contribution in [3.05, 3.63) is 35.6 Å². The second-order valence-electron chi connectivity index (χ2n) is 1.87. The van der Waals surface area contributed by atoms with Crippen LogP contribution in [0.3, 0.4) is 0 Å². The van der Waals surface area contributed by atoms with Gasteiger partial charge in [-0.3, -0.25) is 4.79 Å². The lowest BCUT2D eigenvalue weighted by Crippen LogP contribution is -2.10. The Labute approximate surface area is 93.9 Å². The molecular weight excluding hydrogens is 239 g/mol. The number of halogens is 4. The van der Waals surface area contributed by atoms with Crippen LogP contribution < -0.4 is 5.73 Å². The number of carbonyl (C=O) groups excluding carboxylic acids is 1. The molecule has 0 aliphatic rings. The standard InChI is InChI=1S/C7H6FNO.3ClH/c8-6-3-1-5(2-4-6)7(9)10;;;/h1-4H,(H2,9,10);3*1H. The molecule has 0 aromatic heterocycles. The molecule has 1 aromatic rings. The molecule has 0 unspecified atom stereocenters. The van der Waals surface area contributed by atoms with Crippen molar-refractivity contribution in [2.24, 2.45) is 5.73 Å². The van der Waals surface area contributed by atoms with Crippen LogP contribution in [0, 0.1) is 5.82 Å². The first-order valence-corrected chi connectivity index (χ1v) is 2.75. The molecule has 0 saturated carbocycles. The maximum atomic E-state index is 12.2. The van der Waals surface area contributed by atoms with Crippen LogP contribution in [0.2, 0.25) is 0 Å². The van der Waals surface area contributed by atoms with Gasteiger partial charge in [0.25, 0.3) is 0 Å². The number of carbonyl (C=O) groups is 1. The van der Waals surface area contributed by atoms with E-state index in [0.29, 0.717) is 5.56 Å². The van der Waals surface area contributed by atoms with E-state index in [1.807, 2.05) is 0 Å². The first-order valence-electron chi connectivity index (χ1n) is 2.75. The Bertz CT molecular complexity index is 252. The third-order valence-corrected chi connectivity index (χ3v) is 1.13. The third-order valence-electron chi connectivity index (χ3n) is 1.13. The summed E-state index contributed by atoms with van der Waals surface area (Å²) in [6, 6.07) is 5.08. The summed E-state index contributed by atoms with van der Waals surface area (Å²) in [7, 11) is 0. The van der Waals surface area contributed by atoms with E-state index in [1.54, 1.807) is 0 Å². The average molecular weight is 249 g/mol. The van der Waals surface area contributed by atoms with E-state index in [9.17, 15) is 9.18 Å². The van der Waals surface area contributed by atoms with E-state index in [1.165, 1.54) is 24.3 Å². The van der Waals surface area contributed by atoms with Crippen molar-refractivity contribution < 1.29 is 9.18 Å². The number of nitrogens with two attached hydrogens (primary N) is 1. The zero-order valence-electron chi connectivity index (χ0n) is 6.40. The van der Waals surface area contributed by atoms with Gasteiger partial charge < -0.3 is 5.73 Å². The average Bonchev–Trinajstić information content (AvgIpc) is 1.88. The van der Waals surface area contributed by atoms with Gasteiger partial charge in [0.2, 0.25) is 5.91 Å². The molecule has 0 aliphatic carbocycles. The molecule has 0 radical (unpaired) electrons. The summed E-state index contributed by atoms with van der Waals surface area (Å²) in [6.45, 7) is 0. The van der Waals surface area contributed by atoms with Gasteiger partial charge in [0.05, 0.1) is 0 Å². The third kappa shape index (κ3) is 5.69. The molecule has 0 saturated heterocycles. The molecule has 0 aliphatic heterocycles. The predicted molar refractivity (Wildman–Crippen MR) is 56.7 cm³/mol. The van der Waals surface area contributed by atoms with Crippen molar-refractivity contribution in [2.75, 3.05) is 0 Å². The highest BCUT2D eigenvalue weighted by atomic mass is 35.5. The summed E-state index contributed by atoms with van der Waals surface area (Å²) >= 11 is 0. The molecule has 0 atom stereocenters. The highest BCUT2D eigenvalue weighted by Crippen LogP contribution is 2.00. The first kappa shape index (κ1) is 18.3. The summed E-state index contributed by atoms with van der Waals surface area (Å²) in [5.74, 6) is -0.912. The SMILES string of the molecule is Cl.Cl.Cl.NC(=O)c1ccc(F)cc1. The minimum Gasteiger partial charge on any atom is -0.366 e. The lowest BCUT2D eigenvalue weighted by Gasteiger charge is -1.91. The van der Waals surface area contributed by atoms with E-state index in [2.05, 4.69) is 0 Å². The van der Waals surface area contributed by atoms with Crippen molar-refractivity contribution in [2.45, 2.75) is 0 Å². The Balaban J connectivity index is -0.000000333. The van der Waals surface area contributed by atoms with E-state index >= 15 is 0 Å². The maximum absolute atomic E-state index is 12.2. The van der Waals surface area contributed by atoms with Crippen molar-refractivity contribution in [1.82, 2.24) is 0 Å². The van der Waals surface area contributed by atoms with Gasteiger partial charge in [-0.1, -0.05) is 0 Å². The Morgan fingerprint density at radius 1 is 1.08 bits per heavy atom. The molecule has 0 fully saturated rings. The number of benzene rings is 1. The fraction of sp³-hybridized carbons (Fsp3) is 0. The number of hydrogen-bond acceptors (Lipinski definition) is 1. The highest BCUT2D eigenvalue weighted by molar-refractivity contribution is 5.92. The second kappa shape index (κ2) is 8.10. The van der Waals surface area contributed by atoms with Gasteiger partial charge in [-0.25, -0.2) is 4.39 Å². The van der Waals surface area contributed by atoms with Gasteiger partial charge in [-0.2, -0.15) is 0 Å². The van der Waals surface area contributed by atoms with Gasteiger partial charge in [0.15, 0.2) is 0 Å². The summed E-state index contributed by atoms with van der Waals surface area (Å²) in [5.41, 5.74) is 5.22. The smallest absolute Gasteiger partial charge is 0.248 e. The zero-order chi connectivity index (χ0) is 7.56. The number of hydrogen-bond donors (Lipinski definition) is 1. The Morgan fingerprint density at radius 3 is 1.77 bits per heavy atom. The lowest BCUT2D eigenvalue weighted by atomic mass is 10.2. The maximum Gasteiger partial charge on any atom is 0.248 e. The van der Waals surface area contributed by atoms with Gasteiger partial charge in [-0.15, -0.1) is 37.2 Å². The summed E-state index contributed by atoms with van der Waals surface area (Å²) in [6.07, 6.45) is 0. The molecule has 1 amide bonds. The van der Waals surface area contributed by atoms with Crippen LogP contribution in [0.1, 0.15) is 10.4 Å². The molecule has 1 aromatic carbocycles. The first-order chi connectivity index (χ1) is 4.70. The van der Waals surface area contributed by atoms with E-state index in [4.69, 9.17) is 5.73 Å². The second-order valence-corrected chi connectivity index (χ2v) is 1.87. The van der Waals surface area contributed by atoms with Crippen LogP contribution in [0.25, 0.3) is 0 Å². The number of amides is 1. The Morgan fingerprint density at radius 2 is 1.46 bits per heavy atom. The molecule has 76 valence electrons. The Kier molecular flexibility index (Phi) is 11.4. The van der Waals surface area contributed by atoms with Crippen molar-refractivity contribution in [3.63, 3.8) is 0 Å². The van der Waals surface area contributed by atoms with Gasteiger partial charge in [0.1, 0.15) is 5.82 Å². The summed E-state index contributed by atoms with van der Waals surface area (Å²) in [4.78, 5) is 10.4. The summed E-state index contributed by atoms with van der Waals surface area (Å²) < 4.78 is 12.2. The molecule has 6 heteroatoms. The van der Waals surface area contributed by atoms with Crippen LogP contribution in [-0.4, -0.2) is 5.91 Å². The largest absolute Gasteiger partial charge is 0.366 e. The molecule has 0 heterocycles. The predicted octanol–water partition coefficient (Wildman–Crippen LogP) is 2.19. The quantitative estimate of drug-likeness (QED) is 0.813. The molecule has 2 N–H and O–H groups in total. The molecule has 2 nitrogen and oxygen atoms in total. The number of rotatable bonds is 1. The van der Waals surface area contributed by atoms with Crippen molar-refractivity contribution >= 4 is 43.1 Å². The van der Waals surface area contributed by atoms with Crippen molar-refractivity contribution in [3.8, 4) is 0 Å². The fourth-order valence-electron chi connectivity index (χ4n) is 0.614. The van der Waals surface area contributed by atoms with Crippen LogP contribution in [0.4, 0.5) is 4.39 Å². The summed E-state index contributed by atoms with van der Waals surface area (Å²) in [5, 5.41) is 0.